The normalized spacial score (nSPS) is 20.9. The molecule has 1 atom stereocenters. The van der Waals surface area contributed by atoms with Crippen molar-refractivity contribution in [3.05, 3.63) is 0 Å². The largest absolute Gasteiger partial charge is 0.480 e. The quantitative estimate of drug-likeness (QED) is 0.686. The van der Waals surface area contributed by atoms with Gasteiger partial charge in [-0.3, -0.25) is 4.79 Å². The summed E-state index contributed by atoms with van der Waals surface area (Å²) in [6.07, 6.45) is 3.17. The van der Waals surface area contributed by atoms with Gasteiger partial charge in [-0.2, -0.15) is 0 Å². The molecule has 0 amide bonds. The van der Waals surface area contributed by atoms with E-state index < -0.39 is 11.5 Å². The van der Waals surface area contributed by atoms with Crippen LogP contribution in [0.3, 0.4) is 0 Å². The van der Waals surface area contributed by atoms with E-state index in [-0.39, 0.29) is 0 Å². The Balaban J connectivity index is 2.46. The Labute approximate surface area is 85.9 Å². The first-order valence-electron chi connectivity index (χ1n) is 5.42. The van der Waals surface area contributed by atoms with Crippen molar-refractivity contribution >= 4 is 5.97 Å². The Kier molecular flexibility index (Phi) is 3.53. The molecule has 1 saturated carbocycles. The van der Waals surface area contributed by atoms with E-state index in [1.54, 1.807) is 6.92 Å². The van der Waals surface area contributed by atoms with E-state index in [2.05, 4.69) is 19.2 Å². The van der Waals surface area contributed by atoms with Gasteiger partial charge in [0, 0.05) is 0 Å². The summed E-state index contributed by atoms with van der Waals surface area (Å²) in [6, 6.07) is 0. The average molecular weight is 199 g/mol. The second-order valence-electron chi connectivity index (χ2n) is 5.06. The molecule has 1 unspecified atom stereocenters. The lowest BCUT2D eigenvalue weighted by molar-refractivity contribution is -0.144. The van der Waals surface area contributed by atoms with Crippen molar-refractivity contribution in [3.63, 3.8) is 0 Å². The van der Waals surface area contributed by atoms with Crippen LogP contribution in [0.2, 0.25) is 0 Å². The second-order valence-corrected chi connectivity index (χ2v) is 5.06. The maximum atomic E-state index is 11.1. The van der Waals surface area contributed by atoms with Gasteiger partial charge in [0.05, 0.1) is 0 Å². The Morgan fingerprint density at radius 2 is 2.14 bits per heavy atom. The number of carboxylic acid groups (broad SMARTS) is 1. The third kappa shape index (κ3) is 3.29. The number of hydrogen-bond acceptors (Lipinski definition) is 2. The third-order valence-electron chi connectivity index (χ3n) is 2.77. The first-order valence-corrected chi connectivity index (χ1v) is 5.42. The van der Waals surface area contributed by atoms with Crippen LogP contribution in [0.5, 0.6) is 0 Å². The maximum Gasteiger partial charge on any atom is 0.323 e. The van der Waals surface area contributed by atoms with E-state index in [9.17, 15) is 4.79 Å². The number of aliphatic carboxylic acids is 1. The minimum absolute atomic E-state index is 0.493. The minimum atomic E-state index is -0.718. The van der Waals surface area contributed by atoms with Gasteiger partial charge in [0.1, 0.15) is 5.54 Å². The molecule has 1 aliphatic rings. The first-order chi connectivity index (χ1) is 6.44. The molecule has 1 aliphatic carbocycles. The van der Waals surface area contributed by atoms with Gasteiger partial charge in [-0.05, 0) is 31.7 Å². The van der Waals surface area contributed by atoms with Gasteiger partial charge in [0.2, 0.25) is 0 Å². The molecule has 14 heavy (non-hydrogen) atoms. The summed E-state index contributed by atoms with van der Waals surface area (Å²) < 4.78 is 0. The topological polar surface area (TPSA) is 49.3 Å². The number of carboxylic acids is 1. The molecule has 1 fully saturated rings. The molecule has 82 valence electrons. The molecular formula is C11H21NO2. The van der Waals surface area contributed by atoms with Crippen molar-refractivity contribution in [2.24, 2.45) is 11.8 Å². The molecule has 3 nitrogen and oxygen atoms in total. The smallest absolute Gasteiger partial charge is 0.323 e. The zero-order valence-corrected chi connectivity index (χ0v) is 9.34. The first kappa shape index (κ1) is 11.5. The van der Waals surface area contributed by atoms with Gasteiger partial charge in [-0.15, -0.1) is 0 Å². The van der Waals surface area contributed by atoms with E-state index in [0.29, 0.717) is 11.8 Å². The van der Waals surface area contributed by atoms with Gasteiger partial charge < -0.3 is 10.4 Å². The monoisotopic (exact) mass is 199 g/mol. The standard InChI is InChI=1S/C11H21NO2/c1-8(2)7-12-11(3,10(13)14)6-9-4-5-9/h8-9,12H,4-7H2,1-3H3,(H,13,14). The summed E-state index contributed by atoms with van der Waals surface area (Å²) in [7, 11) is 0. The van der Waals surface area contributed by atoms with Crippen LogP contribution in [0.4, 0.5) is 0 Å². The number of hydrogen-bond donors (Lipinski definition) is 2. The highest BCUT2D eigenvalue weighted by Gasteiger charge is 2.38. The Morgan fingerprint density at radius 1 is 1.57 bits per heavy atom. The summed E-state index contributed by atoms with van der Waals surface area (Å²) in [5.74, 6) is 0.411. The third-order valence-corrected chi connectivity index (χ3v) is 2.77. The van der Waals surface area contributed by atoms with Crippen molar-refractivity contribution in [1.82, 2.24) is 5.32 Å². The molecule has 0 bridgehead atoms. The lowest BCUT2D eigenvalue weighted by Gasteiger charge is -2.27. The molecule has 0 aromatic rings. The summed E-state index contributed by atoms with van der Waals surface area (Å²) in [5.41, 5.74) is -0.717. The van der Waals surface area contributed by atoms with E-state index in [1.807, 2.05) is 0 Å². The van der Waals surface area contributed by atoms with Gasteiger partial charge in [-0.25, -0.2) is 0 Å². The van der Waals surface area contributed by atoms with Crippen LogP contribution in [-0.2, 0) is 4.79 Å². The van der Waals surface area contributed by atoms with E-state index in [4.69, 9.17) is 5.11 Å². The Hall–Kier alpha value is -0.570. The second kappa shape index (κ2) is 4.30. The highest BCUT2D eigenvalue weighted by atomic mass is 16.4. The summed E-state index contributed by atoms with van der Waals surface area (Å²) in [4.78, 5) is 11.1. The van der Waals surface area contributed by atoms with Crippen LogP contribution in [0, 0.1) is 11.8 Å². The maximum absolute atomic E-state index is 11.1. The van der Waals surface area contributed by atoms with Crippen molar-refractivity contribution in [3.8, 4) is 0 Å². The summed E-state index contributed by atoms with van der Waals surface area (Å²) >= 11 is 0. The fraction of sp³-hybridized carbons (Fsp3) is 0.909. The summed E-state index contributed by atoms with van der Waals surface area (Å²) in [6.45, 7) is 6.75. The molecule has 0 aliphatic heterocycles. The predicted octanol–water partition coefficient (Wildman–Crippen LogP) is 1.88. The fourth-order valence-electron chi connectivity index (χ4n) is 1.56. The predicted molar refractivity (Wildman–Crippen MR) is 56.2 cm³/mol. The lowest BCUT2D eigenvalue weighted by atomic mass is 9.94. The van der Waals surface area contributed by atoms with Gasteiger partial charge in [-0.1, -0.05) is 26.7 Å². The molecule has 0 heterocycles. The molecule has 0 saturated heterocycles. The number of carbonyl (C=O) groups is 1. The summed E-state index contributed by atoms with van der Waals surface area (Å²) in [5, 5.41) is 12.3. The molecule has 1 rings (SSSR count). The zero-order valence-electron chi connectivity index (χ0n) is 9.34. The minimum Gasteiger partial charge on any atom is -0.480 e. The van der Waals surface area contributed by atoms with Gasteiger partial charge in [0.15, 0.2) is 0 Å². The molecule has 0 aromatic carbocycles. The lowest BCUT2D eigenvalue weighted by Crippen LogP contribution is -2.51. The highest BCUT2D eigenvalue weighted by molar-refractivity contribution is 5.78. The molecule has 0 spiro atoms. The van der Waals surface area contributed by atoms with Gasteiger partial charge >= 0.3 is 5.97 Å². The number of rotatable bonds is 6. The van der Waals surface area contributed by atoms with E-state index >= 15 is 0 Å². The van der Waals surface area contributed by atoms with E-state index in [1.165, 1.54) is 12.8 Å². The molecule has 3 heteroatoms. The highest BCUT2D eigenvalue weighted by Crippen LogP contribution is 2.36. The van der Waals surface area contributed by atoms with Crippen LogP contribution in [0.15, 0.2) is 0 Å². The van der Waals surface area contributed by atoms with Crippen LogP contribution in [0.1, 0.15) is 40.0 Å². The zero-order chi connectivity index (χ0) is 10.8. The van der Waals surface area contributed by atoms with Crippen molar-refractivity contribution in [2.45, 2.75) is 45.6 Å². The Morgan fingerprint density at radius 3 is 2.50 bits per heavy atom. The van der Waals surface area contributed by atoms with Crippen LogP contribution in [-0.4, -0.2) is 23.2 Å². The van der Waals surface area contributed by atoms with Crippen LogP contribution in [0.25, 0.3) is 0 Å². The molecular weight excluding hydrogens is 178 g/mol. The molecule has 0 radical (unpaired) electrons. The van der Waals surface area contributed by atoms with Crippen molar-refractivity contribution < 1.29 is 9.90 Å². The molecule has 0 aromatic heterocycles. The SMILES string of the molecule is CC(C)CNC(C)(CC1CC1)C(=O)O. The fourth-order valence-corrected chi connectivity index (χ4v) is 1.56. The number of nitrogens with one attached hydrogen (secondary N) is 1. The van der Waals surface area contributed by atoms with Crippen molar-refractivity contribution in [2.75, 3.05) is 6.54 Å². The molecule has 2 N–H and O–H groups in total. The van der Waals surface area contributed by atoms with Crippen molar-refractivity contribution in [1.29, 1.82) is 0 Å². The van der Waals surface area contributed by atoms with Crippen LogP contribution >= 0.6 is 0 Å². The van der Waals surface area contributed by atoms with E-state index in [0.717, 1.165) is 13.0 Å². The van der Waals surface area contributed by atoms with Crippen LogP contribution < -0.4 is 5.32 Å². The average Bonchev–Trinajstić information content (AvgIpc) is 2.84. The Bertz CT molecular complexity index is 211. The van der Waals surface area contributed by atoms with Gasteiger partial charge in [0.25, 0.3) is 0 Å².